The molecule has 2 heterocycles. The van der Waals surface area contributed by atoms with Crippen molar-refractivity contribution in [2.75, 3.05) is 30.9 Å². The number of nitrogens with one attached hydrogen (secondary N) is 1. The van der Waals surface area contributed by atoms with E-state index in [0.717, 1.165) is 47.9 Å². The van der Waals surface area contributed by atoms with Crippen LogP contribution in [0.2, 0.25) is 0 Å². The summed E-state index contributed by atoms with van der Waals surface area (Å²) in [6.07, 6.45) is 4.60. The molecule has 0 saturated carbocycles. The van der Waals surface area contributed by atoms with E-state index in [1.54, 1.807) is 23.5 Å². The van der Waals surface area contributed by atoms with Crippen molar-refractivity contribution in [3.63, 3.8) is 0 Å². The zero-order chi connectivity index (χ0) is 24.0. The number of H-pyrrole nitrogens is 1. The first-order valence-electron chi connectivity index (χ1n) is 11.6. The number of hydrogen-bond acceptors (Lipinski definition) is 6. The number of amidine groups is 1. The maximum Gasteiger partial charge on any atom is 0.277 e. The Balaban J connectivity index is 0.00000408. The first-order valence-corrected chi connectivity index (χ1v) is 12.8. The third-order valence-electron chi connectivity index (χ3n) is 5.26. The minimum atomic E-state index is -0.205. The molecule has 0 unspecified atom stereocenters. The fourth-order valence-electron chi connectivity index (χ4n) is 3.81. The van der Waals surface area contributed by atoms with Gasteiger partial charge in [0.25, 0.3) is 5.56 Å². The number of ether oxygens (including phenoxy) is 1. The predicted octanol–water partition coefficient (Wildman–Crippen LogP) is 5.25. The summed E-state index contributed by atoms with van der Waals surface area (Å²) in [5.41, 5.74) is 3.49. The Labute approximate surface area is 222 Å². The molecule has 0 amide bonds. The Kier molecular flexibility index (Phi) is 10.9. The van der Waals surface area contributed by atoms with Gasteiger partial charge < -0.3 is 14.6 Å². The Morgan fingerprint density at radius 2 is 2.00 bits per heavy atom. The van der Waals surface area contributed by atoms with Crippen LogP contribution in [0, 0.1) is 0 Å². The summed E-state index contributed by atoms with van der Waals surface area (Å²) in [6, 6.07) is 6.01. The highest BCUT2D eigenvalue weighted by Gasteiger charge is 2.19. The van der Waals surface area contributed by atoms with Gasteiger partial charge in [0.05, 0.1) is 17.9 Å². The Morgan fingerprint density at radius 3 is 2.62 bits per heavy atom. The van der Waals surface area contributed by atoms with Crippen LogP contribution in [0.1, 0.15) is 46.2 Å². The second-order valence-electron chi connectivity index (χ2n) is 7.67. The van der Waals surface area contributed by atoms with E-state index in [0.29, 0.717) is 35.8 Å². The highest BCUT2D eigenvalue weighted by molar-refractivity contribution is 14.0. The monoisotopic (exact) mass is 598 g/mol. The predicted molar refractivity (Wildman–Crippen MR) is 154 cm³/mol. The van der Waals surface area contributed by atoms with Crippen LogP contribution < -0.4 is 15.2 Å². The van der Waals surface area contributed by atoms with E-state index in [-0.39, 0.29) is 29.5 Å². The van der Waals surface area contributed by atoms with Crippen molar-refractivity contribution in [1.82, 2.24) is 19.7 Å². The van der Waals surface area contributed by atoms with Gasteiger partial charge in [-0.3, -0.25) is 14.5 Å². The van der Waals surface area contributed by atoms with Crippen LogP contribution in [0.3, 0.4) is 0 Å². The molecule has 0 atom stereocenters. The van der Waals surface area contributed by atoms with Crippen LogP contribution >= 0.6 is 35.7 Å². The number of fused-ring (bicyclic) bond motifs is 1. The zero-order valence-corrected chi connectivity index (χ0v) is 24.0. The number of hydrogen-bond donors (Lipinski definition) is 1. The van der Waals surface area contributed by atoms with Gasteiger partial charge >= 0.3 is 0 Å². The number of halogens is 1. The molecule has 1 aromatic carbocycles. The molecular weight excluding hydrogens is 563 g/mol. The maximum atomic E-state index is 13.0. The number of thioether (sulfide) groups is 1. The van der Waals surface area contributed by atoms with E-state index in [1.807, 2.05) is 31.4 Å². The lowest BCUT2D eigenvalue weighted by atomic mass is 10.1. The largest absolute Gasteiger partial charge is 0.493 e. The SMILES string of the molecule is CCCOc1ccc(N(CC)C(=NCC)SC)cc1-c1nc2c(CCC)nn(C)c2c(=O)[nH]1.I. The molecule has 0 spiro atoms. The molecule has 10 heteroatoms. The number of nitrogens with zero attached hydrogens (tertiary/aromatic N) is 5. The number of aromatic nitrogens is 4. The lowest BCUT2D eigenvalue weighted by molar-refractivity contribution is 0.318. The van der Waals surface area contributed by atoms with Crippen molar-refractivity contribution in [3.8, 4) is 17.1 Å². The van der Waals surface area contributed by atoms with Gasteiger partial charge in [-0.25, -0.2) is 4.98 Å². The van der Waals surface area contributed by atoms with E-state index in [4.69, 9.17) is 9.72 Å². The number of benzene rings is 1. The molecule has 0 bridgehead atoms. The lowest BCUT2D eigenvalue weighted by Gasteiger charge is -2.25. The summed E-state index contributed by atoms with van der Waals surface area (Å²) in [5, 5.41) is 5.48. The van der Waals surface area contributed by atoms with E-state index in [2.05, 4.69) is 40.7 Å². The summed E-state index contributed by atoms with van der Waals surface area (Å²) in [6.45, 7) is 10.3. The van der Waals surface area contributed by atoms with Gasteiger partial charge in [-0.05, 0) is 51.1 Å². The topological polar surface area (TPSA) is 88.4 Å². The molecule has 0 aliphatic carbocycles. The minimum Gasteiger partial charge on any atom is -0.493 e. The van der Waals surface area contributed by atoms with Gasteiger partial charge in [-0.1, -0.05) is 32.0 Å². The molecule has 0 saturated heterocycles. The second kappa shape index (κ2) is 13.1. The number of aliphatic imine (C=N–C) groups is 1. The standard InChI is InChI=1S/C24H34N6O2S.HI/c1-7-11-18-20-21(29(5)28-18)23(31)27-22(26-20)17-15-16(12-13-19(17)32-14-8-2)30(10-4)24(33-6)25-9-3;/h12-13,15H,7-11,14H2,1-6H3,(H,26,27,31);1H. The molecule has 0 aliphatic heterocycles. The molecule has 0 aliphatic rings. The van der Waals surface area contributed by atoms with Gasteiger partial charge in [-0.15, -0.1) is 24.0 Å². The summed E-state index contributed by atoms with van der Waals surface area (Å²) in [4.78, 5) is 27.7. The molecule has 1 N–H and O–H groups in total. The van der Waals surface area contributed by atoms with E-state index in [9.17, 15) is 4.79 Å². The van der Waals surface area contributed by atoms with E-state index < -0.39 is 0 Å². The Hall–Kier alpha value is -2.08. The number of anilines is 1. The quantitative estimate of drug-likeness (QED) is 0.206. The molecular formula is C24H35IN6O2S. The van der Waals surface area contributed by atoms with Gasteiger partial charge in [-0.2, -0.15) is 5.10 Å². The summed E-state index contributed by atoms with van der Waals surface area (Å²) in [5.74, 6) is 1.18. The smallest absolute Gasteiger partial charge is 0.277 e. The van der Waals surface area contributed by atoms with Crippen LogP contribution in [0.4, 0.5) is 5.69 Å². The van der Waals surface area contributed by atoms with Gasteiger partial charge in [0.1, 0.15) is 17.1 Å². The molecule has 3 rings (SSSR count). The molecule has 34 heavy (non-hydrogen) atoms. The fraction of sp³-hybridized carbons (Fsp3) is 0.500. The van der Waals surface area contributed by atoms with Crippen molar-refractivity contribution < 1.29 is 4.74 Å². The average Bonchev–Trinajstić information content (AvgIpc) is 3.13. The highest BCUT2D eigenvalue weighted by Crippen LogP contribution is 2.33. The normalized spacial score (nSPS) is 11.5. The van der Waals surface area contributed by atoms with Crippen LogP contribution in [-0.2, 0) is 13.5 Å². The first-order chi connectivity index (χ1) is 16.0. The summed E-state index contributed by atoms with van der Waals surface area (Å²) in [7, 11) is 1.78. The molecule has 3 aromatic rings. The van der Waals surface area contributed by atoms with Crippen LogP contribution in [0.5, 0.6) is 5.75 Å². The van der Waals surface area contributed by atoms with Crippen molar-refractivity contribution in [3.05, 3.63) is 34.2 Å². The third-order valence-corrected chi connectivity index (χ3v) is 5.98. The average molecular weight is 599 g/mol. The van der Waals surface area contributed by atoms with Crippen molar-refractivity contribution in [2.45, 2.75) is 47.0 Å². The van der Waals surface area contributed by atoms with Gasteiger partial charge in [0.15, 0.2) is 10.7 Å². The Morgan fingerprint density at radius 1 is 1.24 bits per heavy atom. The lowest BCUT2D eigenvalue weighted by Crippen LogP contribution is -2.28. The molecule has 2 aromatic heterocycles. The first kappa shape index (κ1) is 28.2. The Bertz CT molecular complexity index is 1190. The maximum absolute atomic E-state index is 13.0. The molecule has 186 valence electrons. The summed E-state index contributed by atoms with van der Waals surface area (Å²) >= 11 is 1.62. The molecule has 8 nitrogen and oxygen atoms in total. The van der Waals surface area contributed by atoms with Crippen LogP contribution in [0.15, 0.2) is 28.0 Å². The number of aromatic amines is 1. The summed E-state index contributed by atoms with van der Waals surface area (Å²) < 4.78 is 7.66. The number of aryl methyl sites for hydroxylation is 2. The van der Waals surface area contributed by atoms with Crippen LogP contribution in [0.25, 0.3) is 22.4 Å². The third kappa shape index (κ3) is 5.94. The van der Waals surface area contributed by atoms with E-state index in [1.165, 1.54) is 0 Å². The van der Waals surface area contributed by atoms with Crippen molar-refractivity contribution in [1.29, 1.82) is 0 Å². The highest BCUT2D eigenvalue weighted by atomic mass is 127. The van der Waals surface area contributed by atoms with Crippen LogP contribution in [-0.4, -0.2) is 50.9 Å². The second-order valence-corrected chi connectivity index (χ2v) is 8.44. The van der Waals surface area contributed by atoms with Crippen molar-refractivity contribution >= 4 is 57.6 Å². The number of rotatable bonds is 9. The van der Waals surface area contributed by atoms with Gasteiger partial charge in [0.2, 0.25) is 0 Å². The minimum absolute atomic E-state index is 0. The van der Waals surface area contributed by atoms with Crippen molar-refractivity contribution in [2.24, 2.45) is 12.0 Å². The fourth-order valence-corrected chi connectivity index (χ4v) is 4.53. The zero-order valence-electron chi connectivity index (χ0n) is 20.8. The van der Waals surface area contributed by atoms with E-state index >= 15 is 0 Å². The molecule has 0 radical (unpaired) electrons. The van der Waals surface area contributed by atoms with Gasteiger partial charge in [0, 0.05) is 25.8 Å². The molecule has 0 fully saturated rings.